The number of hydrogen-bond acceptors (Lipinski definition) is 7. The van der Waals surface area contributed by atoms with Crippen molar-refractivity contribution in [3.05, 3.63) is 47.7 Å². The molecule has 2 heterocycles. The second kappa shape index (κ2) is 8.84. The molecule has 1 amide bonds. The van der Waals surface area contributed by atoms with Crippen LogP contribution in [0.3, 0.4) is 0 Å². The zero-order valence-corrected chi connectivity index (χ0v) is 18.5. The number of methoxy groups -OCH3 is 1. The number of rotatable bonds is 8. The number of ketones is 1. The molecule has 2 aromatic rings. The monoisotopic (exact) mass is 450 g/mol. The third-order valence-corrected chi connectivity index (χ3v) is 6.46. The van der Waals surface area contributed by atoms with Crippen LogP contribution in [0, 0.1) is 11.8 Å². The van der Waals surface area contributed by atoms with Crippen LogP contribution in [0.5, 0.6) is 11.6 Å². The molecular weight excluding hydrogens is 424 g/mol. The van der Waals surface area contributed by atoms with Crippen molar-refractivity contribution in [3.63, 3.8) is 0 Å². The third kappa shape index (κ3) is 4.55. The molecule has 1 saturated heterocycles. The second-order valence-electron chi connectivity index (χ2n) is 8.86. The van der Waals surface area contributed by atoms with Crippen molar-refractivity contribution < 1.29 is 28.6 Å². The summed E-state index contributed by atoms with van der Waals surface area (Å²) in [4.78, 5) is 43.3. The van der Waals surface area contributed by atoms with Crippen LogP contribution in [0.4, 0.5) is 5.69 Å². The van der Waals surface area contributed by atoms with Crippen molar-refractivity contribution in [2.75, 3.05) is 25.2 Å². The highest BCUT2D eigenvalue weighted by molar-refractivity contribution is 6.06. The summed E-state index contributed by atoms with van der Waals surface area (Å²) in [5.41, 5.74) is 2.13. The van der Waals surface area contributed by atoms with Crippen LogP contribution in [-0.4, -0.2) is 49.0 Å². The summed E-state index contributed by atoms with van der Waals surface area (Å²) < 4.78 is 16.2. The Hall–Kier alpha value is -3.42. The summed E-state index contributed by atoms with van der Waals surface area (Å²) >= 11 is 0. The molecule has 1 aromatic heterocycles. The average molecular weight is 450 g/mol. The summed E-state index contributed by atoms with van der Waals surface area (Å²) in [6, 6.07) is 8.99. The van der Waals surface area contributed by atoms with E-state index in [1.54, 1.807) is 29.3 Å². The van der Waals surface area contributed by atoms with Gasteiger partial charge in [-0.3, -0.25) is 14.4 Å². The third-order valence-electron chi connectivity index (χ3n) is 6.46. The van der Waals surface area contributed by atoms with Gasteiger partial charge in [0.2, 0.25) is 5.88 Å². The molecule has 5 rings (SSSR count). The maximum Gasteiger partial charge on any atom is 0.306 e. The van der Waals surface area contributed by atoms with E-state index in [9.17, 15) is 14.4 Å². The number of amides is 1. The van der Waals surface area contributed by atoms with E-state index in [0.717, 1.165) is 5.56 Å². The van der Waals surface area contributed by atoms with Gasteiger partial charge >= 0.3 is 5.97 Å². The molecule has 2 atom stereocenters. The second-order valence-corrected chi connectivity index (χ2v) is 8.86. The first-order valence-electron chi connectivity index (χ1n) is 11.3. The number of carbonyl (C=O) groups excluding carboxylic acids is 3. The standard InChI is InChI=1S/C25H26N2O6/c1-31-23(28)11-17-10-16-4-5-18(12-20(16)24(17)29)27-9-8-21(25(27)30)33-19-6-7-22(26-13-19)32-14-15-2-3-15/h4-7,12-13,15,17,21H,2-3,8-11,14H2,1H3/t17?,21-/m1/s1. The molecule has 0 radical (unpaired) electrons. The Morgan fingerprint density at radius 2 is 2.00 bits per heavy atom. The van der Waals surface area contributed by atoms with E-state index < -0.39 is 18.0 Å². The van der Waals surface area contributed by atoms with E-state index in [1.165, 1.54) is 20.0 Å². The molecule has 0 spiro atoms. The number of Topliss-reactive ketones (excluding diaryl/α,β-unsaturated/α-hetero) is 1. The smallest absolute Gasteiger partial charge is 0.306 e. The predicted octanol–water partition coefficient (Wildman–Crippen LogP) is 2.97. The Labute approximate surface area is 191 Å². The molecule has 8 heteroatoms. The van der Waals surface area contributed by atoms with Crippen molar-refractivity contribution in [2.45, 2.75) is 38.2 Å². The van der Waals surface area contributed by atoms with Crippen LogP contribution < -0.4 is 14.4 Å². The van der Waals surface area contributed by atoms with Crippen LogP contribution >= 0.6 is 0 Å². The van der Waals surface area contributed by atoms with Crippen molar-refractivity contribution >= 4 is 23.3 Å². The van der Waals surface area contributed by atoms with Gasteiger partial charge in [-0.2, -0.15) is 0 Å². The van der Waals surface area contributed by atoms with Gasteiger partial charge in [0.1, 0.15) is 5.75 Å². The Balaban J connectivity index is 1.22. The fraction of sp³-hybridized carbons (Fsp3) is 0.440. The number of ether oxygens (including phenoxy) is 3. The van der Waals surface area contributed by atoms with Crippen molar-refractivity contribution in [1.82, 2.24) is 4.98 Å². The summed E-state index contributed by atoms with van der Waals surface area (Å²) in [5, 5.41) is 0. The van der Waals surface area contributed by atoms with Crippen LogP contribution in [0.15, 0.2) is 36.5 Å². The van der Waals surface area contributed by atoms with Gasteiger partial charge in [-0.15, -0.1) is 0 Å². The van der Waals surface area contributed by atoms with Gasteiger partial charge in [-0.1, -0.05) is 6.07 Å². The number of benzene rings is 1. The lowest BCUT2D eigenvalue weighted by atomic mass is 10.0. The molecule has 1 saturated carbocycles. The van der Waals surface area contributed by atoms with Crippen LogP contribution in [0.2, 0.25) is 0 Å². The fourth-order valence-electron chi connectivity index (χ4n) is 4.36. The zero-order chi connectivity index (χ0) is 22.9. The quantitative estimate of drug-likeness (QED) is 0.571. The minimum absolute atomic E-state index is 0.0658. The van der Waals surface area contributed by atoms with Gasteiger partial charge in [0.05, 0.1) is 26.3 Å². The van der Waals surface area contributed by atoms with Crippen LogP contribution in [0.25, 0.3) is 0 Å². The molecule has 1 aliphatic heterocycles. The first-order valence-corrected chi connectivity index (χ1v) is 11.3. The van der Waals surface area contributed by atoms with E-state index in [4.69, 9.17) is 14.2 Å². The summed E-state index contributed by atoms with van der Waals surface area (Å²) in [5.74, 6) is 0.695. The van der Waals surface area contributed by atoms with Crippen LogP contribution in [0.1, 0.15) is 41.6 Å². The Morgan fingerprint density at radius 1 is 1.15 bits per heavy atom. The lowest BCUT2D eigenvalue weighted by Crippen LogP contribution is -2.32. The molecule has 172 valence electrons. The van der Waals surface area contributed by atoms with Gasteiger partial charge in [0, 0.05) is 36.2 Å². The summed E-state index contributed by atoms with van der Waals surface area (Å²) in [6.45, 7) is 1.19. The highest BCUT2D eigenvalue weighted by atomic mass is 16.5. The largest absolute Gasteiger partial charge is 0.479 e. The lowest BCUT2D eigenvalue weighted by Gasteiger charge is -2.18. The van der Waals surface area contributed by atoms with E-state index in [0.29, 0.717) is 54.8 Å². The maximum atomic E-state index is 13.0. The number of carbonyl (C=O) groups is 3. The van der Waals surface area contributed by atoms with Gasteiger partial charge in [0.15, 0.2) is 11.9 Å². The van der Waals surface area contributed by atoms with Gasteiger partial charge in [0.25, 0.3) is 5.91 Å². The molecule has 2 aliphatic carbocycles. The van der Waals surface area contributed by atoms with E-state index in [-0.39, 0.29) is 18.1 Å². The average Bonchev–Trinajstić information content (AvgIpc) is 3.53. The molecule has 33 heavy (non-hydrogen) atoms. The fourth-order valence-corrected chi connectivity index (χ4v) is 4.36. The Kier molecular flexibility index (Phi) is 5.74. The predicted molar refractivity (Wildman–Crippen MR) is 118 cm³/mol. The number of fused-ring (bicyclic) bond motifs is 1. The molecule has 2 fully saturated rings. The topological polar surface area (TPSA) is 95.0 Å². The Morgan fingerprint density at radius 3 is 2.73 bits per heavy atom. The van der Waals surface area contributed by atoms with Crippen molar-refractivity contribution in [3.8, 4) is 11.6 Å². The number of esters is 1. The normalized spacial score (nSPS) is 21.8. The number of anilines is 1. The van der Waals surface area contributed by atoms with Crippen molar-refractivity contribution in [2.24, 2.45) is 11.8 Å². The first-order chi connectivity index (χ1) is 16.0. The summed E-state index contributed by atoms with van der Waals surface area (Å²) in [7, 11) is 1.32. The summed E-state index contributed by atoms with van der Waals surface area (Å²) in [6.07, 6.45) is 4.51. The highest BCUT2D eigenvalue weighted by Crippen LogP contribution is 2.34. The van der Waals surface area contributed by atoms with Gasteiger partial charge in [-0.05, 0) is 48.9 Å². The highest BCUT2D eigenvalue weighted by Gasteiger charge is 2.37. The molecule has 1 unspecified atom stereocenters. The van der Waals surface area contributed by atoms with Crippen LogP contribution in [-0.2, 0) is 20.7 Å². The maximum absolute atomic E-state index is 13.0. The van der Waals surface area contributed by atoms with E-state index in [1.807, 2.05) is 12.1 Å². The van der Waals surface area contributed by atoms with Crippen molar-refractivity contribution in [1.29, 1.82) is 0 Å². The molecule has 0 bridgehead atoms. The van der Waals surface area contributed by atoms with E-state index in [2.05, 4.69) is 4.98 Å². The van der Waals surface area contributed by atoms with E-state index >= 15 is 0 Å². The molecule has 8 nitrogen and oxygen atoms in total. The lowest BCUT2D eigenvalue weighted by molar-refractivity contribution is -0.141. The SMILES string of the molecule is COC(=O)CC1Cc2ccc(N3CC[C@@H](Oc4ccc(OCC5CC5)nc4)C3=O)cc2C1=O. The molecule has 3 aliphatic rings. The number of hydrogen-bond donors (Lipinski definition) is 0. The number of aromatic nitrogens is 1. The minimum Gasteiger partial charge on any atom is -0.479 e. The zero-order valence-electron chi connectivity index (χ0n) is 18.5. The minimum atomic E-state index is -0.610. The van der Waals surface area contributed by atoms with Gasteiger partial charge < -0.3 is 19.1 Å². The molecule has 0 N–H and O–H groups in total. The molecular formula is C25H26N2O6. The molecule has 1 aromatic carbocycles. The Bertz CT molecular complexity index is 1080. The number of pyridine rings is 1. The number of nitrogens with zero attached hydrogens (tertiary/aromatic N) is 2. The first kappa shape index (κ1) is 21.4. The van der Waals surface area contributed by atoms with Gasteiger partial charge in [-0.25, -0.2) is 4.98 Å².